The van der Waals surface area contributed by atoms with Crippen molar-refractivity contribution in [3.63, 3.8) is 0 Å². The number of piperidine rings is 1. The zero-order valence-electron chi connectivity index (χ0n) is 19.8. The Kier molecular flexibility index (Phi) is 8.06. The van der Waals surface area contributed by atoms with Crippen LogP contribution in [-0.4, -0.2) is 96.6 Å². The van der Waals surface area contributed by atoms with Gasteiger partial charge in [0.1, 0.15) is 5.60 Å². The summed E-state index contributed by atoms with van der Waals surface area (Å²) in [5.74, 6) is -0.219. The lowest BCUT2D eigenvalue weighted by Gasteiger charge is -2.44. The molecule has 1 N–H and O–H groups in total. The third-order valence-electron chi connectivity index (χ3n) is 6.73. The molecule has 0 aliphatic carbocycles. The van der Waals surface area contributed by atoms with E-state index in [2.05, 4.69) is 9.80 Å². The fourth-order valence-electron chi connectivity index (χ4n) is 4.83. The minimum atomic E-state index is -1.25. The number of halogens is 1. The van der Waals surface area contributed by atoms with Crippen molar-refractivity contribution in [1.82, 2.24) is 14.7 Å². The highest BCUT2D eigenvalue weighted by atomic mass is 35.5. The van der Waals surface area contributed by atoms with Crippen LogP contribution in [0.4, 0.5) is 5.69 Å². The van der Waals surface area contributed by atoms with E-state index in [-0.39, 0.29) is 11.8 Å². The Labute approximate surface area is 196 Å². The maximum atomic E-state index is 12.6. The van der Waals surface area contributed by atoms with Crippen LogP contribution in [0.25, 0.3) is 0 Å². The van der Waals surface area contributed by atoms with Crippen LogP contribution in [0.15, 0.2) is 18.2 Å². The highest BCUT2D eigenvalue weighted by Crippen LogP contribution is 2.27. The van der Waals surface area contributed by atoms with Gasteiger partial charge in [-0.1, -0.05) is 24.9 Å². The van der Waals surface area contributed by atoms with Gasteiger partial charge in [-0.2, -0.15) is 0 Å². The number of nitrogens with zero attached hydrogens (tertiary/aromatic N) is 4. The van der Waals surface area contributed by atoms with Crippen LogP contribution >= 0.6 is 11.6 Å². The number of hydrogen-bond donors (Lipinski definition) is 1. The van der Waals surface area contributed by atoms with E-state index in [1.165, 1.54) is 4.90 Å². The van der Waals surface area contributed by atoms with Gasteiger partial charge < -0.3 is 19.8 Å². The van der Waals surface area contributed by atoms with Crippen molar-refractivity contribution in [1.29, 1.82) is 0 Å². The first-order valence-corrected chi connectivity index (χ1v) is 12.0. The Morgan fingerprint density at radius 3 is 2.28 bits per heavy atom. The zero-order chi connectivity index (χ0) is 23.5. The van der Waals surface area contributed by atoms with Crippen LogP contribution in [0.5, 0.6) is 0 Å². The summed E-state index contributed by atoms with van der Waals surface area (Å²) >= 11 is 6.39. The Bertz CT molecular complexity index is 813. The second-order valence-electron chi connectivity index (χ2n) is 9.43. The highest BCUT2D eigenvalue weighted by molar-refractivity contribution is 6.34. The predicted molar refractivity (Wildman–Crippen MR) is 128 cm³/mol. The first-order chi connectivity index (χ1) is 15.1. The Balaban J connectivity index is 1.51. The number of anilines is 1. The number of hydrogen-bond acceptors (Lipinski definition) is 5. The molecule has 178 valence electrons. The molecule has 3 rings (SSSR count). The molecule has 0 aromatic heterocycles. The molecule has 32 heavy (non-hydrogen) atoms. The smallest absolute Gasteiger partial charge is 0.254 e. The van der Waals surface area contributed by atoms with Gasteiger partial charge in [-0.05, 0) is 44.4 Å². The number of aliphatic hydroxyl groups is 1. The predicted octanol–water partition coefficient (Wildman–Crippen LogP) is 2.71. The van der Waals surface area contributed by atoms with E-state index in [1.807, 2.05) is 30.0 Å². The molecule has 0 spiro atoms. The highest BCUT2D eigenvalue weighted by Gasteiger charge is 2.36. The van der Waals surface area contributed by atoms with Gasteiger partial charge in [0.15, 0.2) is 0 Å². The van der Waals surface area contributed by atoms with E-state index in [0.717, 1.165) is 51.1 Å². The van der Waals surface area contributed by atoms with Gasteiger partial charge >= 0.3 is 0 Å². The number of carbonyl (C=O) groups excluding carboxylic acids is 2. The van der Waals surface area contributed by atoms with Gasteiger partial charge in [-0.15, -0.1) is 0 Å². The third-order valence-corrected chi connectivity index (χ3v) is 7.05. The second-order valence-corrected chi connectivity index (χ2v) is 9.84. The number of likely N-dealkylation sites (tertiary alicyclic amines) is 1. The fraction of sp³-hybridized carbons (Fsp3) is 0.667. The minimum Gasteiger partial charge on any atom is -0.380 e. The molecule has 1 aromatic rings. The molecular weight excluding hydrogens is 428 g/mol. The normalized spacial score (nSPS) is 20.2. The molecule has 2 saturated heterocycles. The van der Waals surface area contributed by atoms with Crippen LogP contribution in [0.3, 0.4) is 0 Å². The number of benzene rings is 1. The molecule has 2 amide bonds. The molecule has 8 heteroatoms. The summed E-state index contributed by atoms with van der Waals surface area (Å²) in [7, 11) is 3.44. The Morgan fingerprint density at radius 1 is 1.12 bits per heavy atom. The van der Waals surface area contributed by atoms with E-state index in [4.69, 9.17) is 11.6 Å². The second kappa shape index (κ2) is 10.4. The van der Waals surface area contributed by atoms with E-state index >= 15 is 0 Å². The van der Waals surface area contributed by atoms with Crippen LogP contribution in [0, 0.1) is 0 Å². The minimum absolute atomic E-state index is 0.0904. The summed E-state index contributed by atoms with van der Waals surface area (Å²) in [5, 5.41) is 10.9. The first kappa shape index (κ1) is 24.8. The van der Waals surface area contributed by atoms with Gasteiger partial charge in [0.05, 0.1) is 10.6 Å². The molecule has 2 heterocycles. The molecule has 0 saturated carbocycles. The van der Waals surface area contributed by atoms with Gasteiger partial charge in [-0.25, -0.2) is 0 Å². The fourth-order valence-corrected chi connectivity index (χ4v) is 5.08. The van der Waals surface area contributed by atoms with Gasteiger partial charge in [0.25, 0.3) is 11.8 Å². The summed E-state index contributed by atoms with van der Waals surface area (Å²) < 4.78 is 0. The van der Waals surface area contributed by atoms with Gasteiger partial charge in [0, 0.05) is 65.1 Å². The lowest BCUT2D eigenvalue weighted by atomic mass is 9.95. The molecular formula is C24H37ClN4O3. The van der Waals surface area contributed by atoms with Crippen LogP contribution in [0.2, 0.25) is 5.02 Å². The van der Waals surface area contributed by atoms with Gasteiger partial charge in [0.2, 0.25) is 0 Å². The molecule has 7 nitrogen and oxygen atoms in total. The van der Waals surface area contributed by atoms with Crippen molar-refractivity contribution in [3.05, 3.63) is 28.8 Å². The SMILES string of the molecule is CCC[C@@](C)(O)C(=O)N1CCC(N2CCN(c3ccc(C(=O)N(C)C)c(Cl)c3)CC2)CC1. The van der Waals surface area contributed by atoms with Crippen LogP contribution < -0.4 is 4.90 Å². The molecule has 2 aliphatic heterocycles. The van der Waals surface area contributed by atoms with Crippen molar-refractivity contribution in [2.45, 2.75) is 51.2 Å². The quantitative estimate of drug-likeness (QED) is 0.701. The lowest BCUT2D eigenvalue weighted by Crippen LogP contribution is -2.56. The zero-order valence-corrected chi connectivity index (χ0v) is 20.6. The van der Waals surface area contributed by atoms with E-state index in [0.29, 0.717) is 36.1 Å². The number of amides is 2. The largest absolute Gasteiger partial charge is 0.380 e. The van der Waals surface area contributed by atoms with Crippen molar-refractivity contribution in [2.24, 2.45) is 0 Å². The monoisotopic (exact) mass is 464 g/mol. The Hall–Kier alpha value is -1.83. The Morgan fingerprint density at radius 2 is 1.75 bits per heavy atom. The number of rotatable bonds is 6. The van der Waals surface area contributed by atoms with Crippen molar-refractivity contribution < 1.29 is 14.7 Å². The van der Waals surface area contributed by atoms with Crippen molar-refractivity contribution >= 4 is 29.1 Å². The molecule has 2 aliphatic rings. The van der Waals surface area contributed by atoms with Gasteiger partial charge in [-0.3, -0.25) is 14.5 Å². The van der Waals surface area contributed by atoms with Crippen molar-refractivity contribution in [3.8, 4) is 0 Å². The molecule has 2 fully saturated rings. The summed E-state index contributed by atoms with van der Waals surface area (Å²) in [6.45, 7) is 8.77. The van der Waals surface area contributed by atoms with Crippen molar-refractivity contribution in [2.75, 3.05) is 58.3 Å². The molecule has 1 aromatic carbocycles. The van der Waals surface area contributed by atoms with E-state index < -0.39 is 5.60 Å². The number of carbonyl (C=O) groups is 2. The van der Waals surface area contributed by atoms with Crippen LogP contribution in [0.1, 0.15) is 49.9 Å². The standard InChI is InChI=1S/C24H37ClN4O3/c1-5-10-24(2,32)23(31)29-11-8-18(9-12-29)27-13-15-28(16-14-27)19-6-7-20(21(25)17-19)22(30)26(3)4/h6-7,17-18,32H,5,8-16H2,1-4H3/t24-/m1/s1. The average Bonchev–Trinajstić information content (AvgIpc) is 2.78. The van der Waals surface area contributed by atoms with E-state index in [9.17, 15) is 14.7 Å². The topological polar surface area (TPSA) is 67.3 Å². The van der Waals surface area contributed by atoms with Crippen LogP contribution in [-0.2, 0) is 4.79 Å². The number of piperazine rings is 1. The first-order valence-electron chi connectivity index (χ1n) is 11.7. The summed E-state index contributed by atoms with van der Waals surface area (Å²) in [6, 6.07) is 6.15. The maximum absolute atomic E-state index is 12.6. The summed E-state index contributed by atoms with van der Waals surface area (Å²) in [5.41, 5.74) is 0.322. The maximum Gasteiger partial charge on any atom is 0.254 e. The summed E-state index contributed by atoms with van der Waals surface area (Å²) in [6.07, 6.45) is 3.18. The molecule has 0 unspecified atom stereocenters. The molecule has 1 atom stereocenters. The molecule has 0 bridgehead atoms. The lowest BCUT2D eigenvalue weighted by molar-refractivity contribution is -0.152. The molecule has 0 radical (unpaired) electrons. The summed E-state index contributed by atoms with van der Waals surface area (Å²) in [4.78, 5) is 33.1. The average molecular weight is 465 g/mol. The third kappa shape index (κ3) is 5.56. The van der Waals surface area contributed by atoms with E-state index in [1.54, 1.807) is 21.0 Å².